The third-order valence-electron chi connectivity index (χ3n) is 3.90. The molecule has 1 N–H and O–H groups in total. The number of carbonyl (C=O) groups excluding carboxylic acids is 2. The number of nitrogens with zero attached hydrogens (tertiary/aromatic N) is 2. The number of nitrogens with one attached hydrogen (secondary N) is 1. The molecule has 7 nitrogen and oxygen atoms in total. The number of rotatable bonds is 5. The Balaban J connectivity index is 1.65. The van der Waals surface area contributed by atoms with E-state index in [-0.39, 0.29) is 5.69 Å². The van der Waals surface area contributed by atoms with Gasteiger partial charge in [-0.2, -0.15) is 0 Å². The van der Waals surface area contributed by atoms with E-state index in [1.165, 1.54) is 13.3 Å². The van der Waals surface area contributed by atoms with Crippen LogP contribution in [0.5, 0.6) is 0 Å². The second-order valence-electron chi connectivity index (χ2n) is 5.94. The van der Waals surface area contributed by atoms with Gasteiger partial charge in [-0.3, -0.25) is 19.0 Å². The number of hydrogen-bond acceptors (Lipinski definition) is 5. The van der Waals surface area contributed by atoms with E-state index in [1.807, 2.05) is 0 Å². The first-order valence-electron chi connectivity index (χ1n) is 8.24. The van der Waals surface area contributed by atoms with E-state index in [0.717, 1.165) is 16.7 Å². The highest BCUT2D eigenvalue weighted by Gasteiger charge is 2.20. The minimum absolute atomic E-state index is 0.246. The lowest BCUT2D eigenvalue weighted by atomic mass is 10.2. The van der Waals surface area contributed by atoms with Crippen molar-refractivity contribution in [2.75, 3.05) is 5.32 Å². The molecule has 0 bridgehead atoms. The molecule has 3 rings (SSSR count). The molecule has 1 heterocycles. The van der Waals surface area contributed by atoms with Crippen LogP contribution in [0.25, 0.3) is 10.9 Å². The fourth-order valence-electron chi connectivity index (χ4n) is 2.47. The molecule has 0 aliphatic carbocycles. The van der Waals surface area contributed by atoms with Gasteiger partial charge in [0, 0.05) is 6.07 Å². The summed E-state index contributed by atoms with van der Waals surface area (Å²) in [4.78, 5) is 40.6. The molecule has 1 amide bonds. The van der Waals surface area contributed by atoms with Gasteiger partial charge in [0.1, 0.15) is 18.2 Å². The zero-order chi connectivity index (χ0) is 20.3. The average molecular weight is 387 g/mol. The molecule has 0 aliphatic heterocycles. The Bertz CT molecular complexity index is 1110. The first-order chi connectivity index (χ1) is 13.3. The summed E-state index contributed by atoms with van der Waals surface area (Å²) in [7, 11) is 0. The van der Waals surface area contributed by atoms with Crippen molar-refractivity contribution in [3.8, 4) is 0 Å². The molecule has 1 atom stereocenters. The molecule has 3 aromatic rings. The standard InChI is InChI=1S/C19H15F2N3O4/c1-11(18(26)23-16-7-6-12(20)8-14(16)21)28-17(25)9-24-10-22-15-5-3-2-4-13(15)19(24)27/h2-8,10-11H,9H2,1H3,(H,23,26)/t11-/m1/s1. The van der Waals surface area contributed by atoms with Gasteiger partial charge in [0.25, 0.3) is 11.5 Å². The Morgan fingerprint density at radius 3 is 2.71 bits per heavy atom. The lowest BCUT2D eigenvalue weighted by Crippen LogP contribution is -2.33. The minimum Gasteiger partial charge on any atom is -0.451 e. The van der Waals surface area contributed by atoms with Crippen LogP contribution in [0.15, 0.2) is 53.6 Å². The Morgan fingerprint density at radius 1 is 1.21 bits per heavy atom. The van der Waals surface area contributed by atoms with E-state index in [1.54, 1.807) is 24.3 Å². The van der Waals surface area contributed by atoms with Crippen molar-refractivity contribution in [1.29, 1.82) is 0 Å². The molecule has 1 aromatic heterocycles. The monoisotopic (exact) mass is 387 g/mol. The molecular weight excluding hydrogens is 372 g/mol. The maximum absolute atomic E-state index is 13.6. The van der Waals surface area contributed by atoms with Crippen LogP contribution in [-0.4, -0.2) is 27.5 Å². The third-order valence-corrected chi connectivity index (χ3v) is 3.90. The van der Waals surface area contributed by atoms with E-state index in [2.05, 4.69) is 10.3 Å². The summed E-state index contributed by atoms with van der Waals surface area (Å²) in [5.74, 6) is -3.39. The van der Waals surface area contributed by atoms with Gasteiger partial charge in [0.2, 0.25) is 0 Å². The van der Waals surface area contributed by atoms with Crippen molar-refractivity contribution in [3.05, 3.63) is 70.8 Å². The third kappa shape index (κ3) is 4.20. The number of fused-ring (bicyclic) bond motifs is 1. The van der Waals surface area contributed by atoms with Crippen molar-refractivity contribution in [3.63, 3.8) is 0 Å². The molecule has 0 radical (unpaired) electrons. The fourth-order valence-corrected chi connectivity index (χ4v) is 2.47. The molecule has 0 spiro atoms. The quantitative estimate of drug-likeness (QED) is 0.678. The number of amides is 1. The Kier molecular flexibility index (Phi) is 5.44. The van der Waals surface area contributed by atoms with Gasteiger partial charge < -0.3 is 10.1 Å². The first-order valence-corrected chi connectivity index (χ1v) is 8.24. The molecule has 2 aromatic carbocycles. The van der Waals surface area contributed by atoms with E-state index in [0.29, 0.717) is 17.0 Å². The number of aromatic nitrogens is 2. The maximum atomic E-state index is 13.6. The van der Waals surface area contributed by atoms with Gasteiger partial charge in [0.15, 0.2) is 6.10 Å². The molecule has 0 unspecified atom stereocenters. The summed E-state index contributed by atoms with van der Waals surface area (Å²) in [6.07, 6.45) is -0.0500. The van der Waals surface area contributed by atoms with Gasteiger partial charge in [-0.15, -0.1) is 0 Å². The predicted molar refractivity (Wildman–Crippen MR) is 96.5 cm³/mol. The van der Waals surface area contributed by atoms with Gasteiger partial charge in [0.05, 0.1) is 22.9 Å². The van der Waals surface area contributed by atoms with Crippen LogP contribution >= 0.6 is 0 Å². The van der Waals surface area contributed by atoms with Crippen molar-refractivity contribution in [2.24, 2.45) is 0 Å². The molecule has 0 aliphatic rings. The van der Waals surface area contributed by atoms with E-state index in [4.69, 9.17) is 4.74 Å². The highest BCUT2D eigenvalue weighted by atomic mass is 19.1. The van der Waals surface area contributed by atoms with Crippen LogP contribution < -0.4 is 10.9 Å². The number of esters is 1. The van der Waals surface area contributed by atoms with Crippen LogP contribution in [0.4, 0.5) is 14.5 Å². The summed E-state index contributed by atoms with van der Waals surface area (Å²) in [6.45, 7) is 0.843. The average Bonchev–Trinajstić information content (AvgIpc) is 2.66. The number of benzene rings is 2. The summed E-state index contributed by atoms with van der Waals surface area (Å²) < 4.78 is 32.5. The lowest BCUT2D eigenvalue weighted by molar-refractivity contribution is -0.153. The van der Waals surface area contributed by atoms with Gasteiger partial charge in [-0.25, -0.2) is 13.8 Å². The maximum Gasteiger partial charge on any atom is 0.326 e. The van der Waals surface area contributed by atoms with Crippen LogP contribution in [0.1, 0.15) is 6.92 Å². The van der Waals surface area contributed by atoms with Gasteiger partial charge in [-0.05, 0) is 31.2 Å². The Hall–Kier alpha value is -3.62. The molecule has 9 heteroatoms. The number of carbonyl (C=O) groups is 2. The lowest BCUT2D eigenvalue weighted by Gasteiger charge is -2.14. The normalized spacial score (nSPS) is 11.8. The molecule has 28 heavy (non-hydrogen) atoms. The molecule has 0 saturated carbocycles. The van der Waals surface area contributed by atoms with Crippen molar-refractivity contribution in [2.45, 2.75) is 19.6 Å². The van der Waals surface area contributed by atoms with Crippen molar-refractivity contribution in [1.82, 2.24) is 9.55 Å². The van der Waals surface area contributed by atoms with Crippen molar-refractivity contribution >= 4 is 28.5 Å². The van der Waals surface area contributed by atoms with Crippen LogP contribution in [0.3, 0.4) is 0 Å². The molecule has 0 fully saturated rings. The fraction of sp³-hybridized carbons (Fsp3) is 0.158. The second-order valence-corrected chi connectivity index (χ2v) is 5.94. The summed E-state index contributed by atoms with van der Waals surface area (Å²) >= 11 is 0. The number of ether oxygens (including phenoxy) is 1. The first kappa shape index (κ1) is 19.2. The zero-order valence-corrected chi connectivity index (χ0v) is 14.7. The largest absolute Gasteiger partial charge is 0.451 e. The number of hydrogen-bond donors (Lipinski definition) is 1. The molecular formula is C19H15F2N3O4. The van der Waals surface area contributed by atoms with Crippen LogP contribution in [0, 0.1) is 11.6 Å². The summed E-state index contributed by atoms with van der Waals surface area (Å²) in [5.41, 5.74) is -0.177. The zero-order valence-electron chi connectivity index (χ0n) is 14.7. The topological polar surface area (TPSA) is 90.3 Å². The number of para-hydroxylation sites is 1. The van der Waals surface area contributed by atoms with Gasteiger partial charge >= 0.3 is 5.97 Å². The minimum atomic E-state index is -1.26. The van der Waals surface area contributed by atoms with Crippen molar-refractivity contribution < 1.29 is 23.1 Å². The van der Waals surface area contributed by atoms with E-state index >= 15 is 0 Å². The highest BCUT2D eigenvalue weighted by Crippen LogP contribution is 2.15. The Morgan fingerprint density at radius 2 is 1.96 bits per heavy atom. The van der Waals surface area contributed by atoms with Gasteiger partial charge in [-0.1, -0.05) is 12.1 Å². The highest BCUT2D eigenvalue weighted by molar-refractivity contribution is 5.95. The van der Waals surface area contributed by atoms with Crippen LogP contribution in [-0.2, 0) is 20.9 Å². The predicted octanol–water partition coefficient (Wildman–Crippen LogP) is 2.25. The smallest absolute Gasteiger partial charge is 0.326 e. The number of anilines is 1. The molecule has 0 saturated heterocycles. The van der Waals surface area contributed by atoms with E-state index in [9.17, 15) is 23.2 Å². The van der Waals surface area contributed by atoms with E-state index < -0.39 is 41.7 Å². The molecule has 144 valence electrons. The van der Waals surface area contributed by atoms with Crippen LogP contribution in [0.2, 0.25) is 0 Å². The SMILES string of the molecule is C[C@@H](OC(=O)Cn1cnc2ccccc2c1=O)C(=O)Nc1ccc(F)cc1F. The second kappa shape index (κ2) is 7.95. The summed E-state index contributed by atoms with van der Waals surface area (Å²) in [6, 6.07) is 9.31. The summed E-state index contributed by atoms with van der Waals surface area (Å²) in [5, 5.41) is 2.55. The Labute approximate surface area is 157 Å². The number of halogens is 2.